The van der Waals surface area contributed by atoms with Crippen molar-refractivity contribution >= 4 is 43.1 Å². The van der Waals surface area contributed by atoms with Crippen LogP contribution in [0.2, 0.25) is 0 Å². The van der Waals surface area contributed by atoms with Gasteiger partial charge < -0.3 is 9.80 Å². The molecule has 0 N–H and O–H groups in total. The molecule has 1 fully saturated rings. The molecule has 2 atom stereocenters. The van der Waals surface area contributed by atoms with Crippen LogP contribution in [0.5, 0.6) is 0 Å². The predicted molar refractivity (Wildman–Crippen MR) is 135 cm³/mol. The fourth-order valence-electron chi connectivity index (χ4n) is 4.86. The van der Waals surface area contributed by atoms with Crippen molar-refractivity contribution in [2.75, 3.05) is 24.5 Å². The first-order chi connectivity index (χ1) is 15.8. The molecule has 4 aromatic rings. The van der Waals surface area contributed by atoms with Crippen LogP contribution in [-0.4, -0.2) is 46.3 Å². The highest BCUT2D eigenvalue weighted by molar-refractivity contribution is 7.26. The number of piperazine rings is 1. The third kappa shape index (κ3) is 3.70. The van der Waals surface area contributed by atoms with E-state index in [4.69, 9.17) is 0 Å². The summed E-state index contributed by atoms with van der Waals surface area (Å²) < 4.78 is 3.35. The van der Waals surface area contributed by atoms with E-state index in [0.29, 0.717) is 18.5 Å². The average molecular weight is 461 g/mol. The van der Waals surface area contributed by atoms with Crippen molar-refractivity contribution in [1.29, 1.82) is 0 Å². The second kappa shape index (κ2) is 8.30. The SMILES string of the molecule is Cc1cccc(N2CCN(C(=O)[C@@H](C)n3nc(C)c4sc5ccccc5c4c3=O)C[C@@H]2C)c1. The molecule has 7 heteroatoms. The van der Waals surface area contributed by atoms with Gasteiger partial charge in [0.2, 0.25) is 5.91 Å². The van der Waals surface area contributed by atoms with Crippen molar-refractivity contribution in [3.63, 3.8) is 0 Å². The lowest BCUT2D eigenvalue weighted by Crippen LogP contribution is -2.55. The second-order valence-electron chi connectivity index (χ2n) is 8.98. The van der Waals surface area contributed by atoms with Gasteiger partial charge in [-0.3, -0.25) is 9.59 Å². The summed E-state index contributed by atoms with van der Waals surface area (Å²) in [6.07, 6.45) is 0. The monoisotopic (exact) mass is 460 g/mol. The van der Waals surface area contributed by atoms with Crippen molar-refractivity contribution in [3.05, 3.63) is 70.1 Å². The number of hydrogen-bond acceptors (Lipinski definition) is 5. The lowest BCUT2D eigenvalue weighted by atomic mass is 10.1. The zero-order valence-corrected chi connectivity index (χ0v) is 20.2. The highest BCUT2D eigenvalue weighted by Gasteiger charge is 2.31. The van der Waals surface area contributed by atoms with Gasteiger partial charge in [-0.2, -0.15) is 5.10 Å². The van der Waals surface area contributed by atoms with Gasteiger partial charge in [0.05, 0.1) is 15.8 Å². The number of anilines is 1. The van der Waals surface area contributed by atoms with E-state index in [1.165, 1.54) is 15.9 Å². The van der Waals surface area contributed by atoms with Crippen LogP contribution in [0, 0.1) is 13.8 Å². The maximum absolute atomic E-state index is 13.5. The Labute approximate surface area is 197 Å². The minimum absolute atomic E-state index is 0.0568. The van der Waals surface area contributed by atoms with E-state index in [2.05, 4.69) is 48.1 Å². The van der Waals surface area contributed by atoms with Crippen molar-refractivity contribution in [3.8, 4) is 0 Å². The molecular formula is C26H28N4O2S. The summed E-state index contributed by atoms with van der Waals surface area (Å²) in [5, 5.41) is 6.16. The molecule has 0 aliphatic carbocycles. The molecule has 2 aromatic heterocycles. The van der Waals surface area contributed by atoms with Gasteiger partial charge in [-0.15, -0.1) is 11.3 Å². The smallest absolute Gasteiger partial charge is 0.276 e. The van der Waals surface area contributed by atoms with Crippen LogP contribution in [0.4, 0.5) is 5.69 Å². The van der Waals surface area contributed by atoms with E-state index in [9.17, 15) is 9.59 Å². The molecule has 0 radical (unpaired) electrons. The fourth-order valence-corrected chi connectivity index (χ4v) is 5.99. The molecule has 1 aliphatic rings. The van der Waals surface area contributed by atoms with Gasteiger partial charge in [0.25, 0.3) is 5.56 Å². The normalized spacial score (nSPS) is 17.6. The van der Waals surface area contributed by atoms with Gasteiger partial charge in [0, 0.05) is 41.4 Å². The van der Waals surface area contributed by atoms with Gasteiger partial charge in [-0.05, 0) is 51.5 Å². The Morgan fingerprint density at radius 3 is 2.67 bits per heavy atom. The van der Waals surface area contributed by atoms with Crippen molar-refractivity contribution in [1.82, 2.24) is 14.7 Å². The summed E-state index contributed by atoms with van der Waals surface area (Å²) in [4.78, 5) is 31.1. The van der Waals surface area contributed by atoms with Gasteiger partial charge in [0.1, 0.15) is 6.04 Å². The Morgan fingerprint density at radius 1 is 1.12 bits per heavy atom. The molecule has 3 heterocycles. The molecule has 1 saturated heterocycles. The van der Waals surface area contributed by atoms with Crippen LogP contribution in [0.1, 0.15) is 31.1 Å². The number of hydrogen-bond donors (Lipinski definition) is 0. The first-order valence-corrected chi connectivity index (χ1v) is 12.2. The highest BCUT2D eigenvalue weighted by atomic mass is 32.1. The molecule has 5 rings (SSSR count). The topological polar surface area (TPSA) is 58.4 Å². The summed E-state index contributed by atoms with van der Waals surface area (Å²) >= 11 is 1.58. The molecular weight excluding hydrogens is 432 g/mol. The number of aromatic nitrogens is 2. The maximum atomic E-state index is 13.5. The molecule has 170 valence electrons. The van der Waals surface area contributed by atoms with E-state index in [1.807, 2.05) is 36.1 Å². The summed E-state index contributed by atoms with van der Waals surface area (Å²) in [7, 11) is 0. The predicted octanol–water partition coefficient (Wildman–Crippen LogP) is 4.53. The molecule has 0 bridgehead atoms. The molecule has 0 spiro atoms. The summed E-state index contributed by atoms with van der Waals surface area (Å²) in [6, 6.07) is 15.9. The number of benzene rings is 2. The largest absolute Gasteiger partial charge is 0.365 e. The quantitative estimate of drug-likeness (QED) is 0.451. The molecule has 0 unspecified atom stereocenters. The molecule has 2 aromatic carbocycles. The van der Waals surface area contributed by atoms with Gasteiger partial charge in [0.15, 0.2) is 0 Å². The van der Waals surface area contributed by atoms with Gasteiger partial charge >= 0.3 is 0 Å². The molecule has 1 aliphatic heterocycles. The third-order valence-corrected chi connectivity index (χ3v) is 7.88. The number of carbonyl (C=O) groups excluding carboxylic acids is 1. The van der Waals surface area contributed by atoms with Crippen LogP contribution in [-0.2, 0) is 4.79 Å². The first-order valence-electron chi connectivity index (χ1n) is 11.4. The highest BCUT2D eigenvalue weighted by Crippen LogP contribution is 2.33. The Kier molecular flexibility index (Phi) is 5.44. The first kappa shape index (κ1) is 21.6. The summed E-state index contributed by atoms with van der Waals surface area (Å²) in [5.41, 5.74) is 3.00. The second-order valence-corrected chi connectivity index (χ2v) is 10.0. The number of carbonyl (C=O) groups is 1. The number of amides is 1. The standard InChI is InChI=1S/C26H28N4O2S/c1-16-8-7-9-20(14-16)29-13-12-28(15-17(29)2)25(31)19(4)30-26(32)23-21-10-5-6-11-22(21)33-24(23)18(3)27-30/h5-11,14,17,19H,12-13,15H2,1-4H3/t17-,19+/m0/s1. The minimum atomic E-state index is -0.656. The van der Waals surface area contributed by atoms with Crippen LogP contribution in [0.15, 0.2) is 53.3 Å². The lowest BCUT2D eigenvalue weighted by Gasteiger charge is -2.42. The van der Waals surface area contributed by atoms with Crippen molar-refractivity contribution in [2.45, 2.75) is 39.8 Å². The number of aryl methyl sites for hydroxylation is 2. The Bertz CT molecular complexity index is 1420. The van der Waals surface area contributed by atoms with Crippen LogP contribution in [0.3, 0.4) is 0 Å². The van der Waals surface area contributed by atoms with Gasteiger partial charge in [-0.25, -0.2) is 4.68 Å². The summed E-state index contributed by atoms with van der Waals surface area (Å²) in [5.74, 6) is -0.0568. The Balaban J connectivity index is 1.43. The minimum Gasteiger partial charge on any atom is -0.365 e. The average Bonchev–Trinajstić information content (AvgIpc) is 3.21. The summed E-state index contributed by atoms with van der Waals surface area (Å²) in [6.45, 7) is 9.94. The van der Waals surface area contributed by atoms with Crippen molar-refractivity contribution < 1.29 is 4.79 Å². The fraction of sp³-hybridized carbons (Fsp3) is 0.346. The van der Waals surface area contributed by atoms with E-state index in [-0.39, 0.29) is 17.5 Å². The molecule has 1 amide bonds. The number of rotatable bonds is 3. The molecule has 33 heavy (non-hydrogen) atoms. The number of fused-ring (bicyclic) bond motifs is 3. The molecule has 0 saturated carbocycles. The van der Waals surface area contributed by atoms with Crippen LogP contribution in [0.25, 0.3) is 20.2 Å². The van der Waals surface area contributed by atoms with E-state index < -0.39 is 6.04 Å². The van der Waals surface area contributed by atoms with E-state index in [1.54, 1.807) is 18.3 Å². The molecule has 6 nitrogen and oxygen atoms in total. The van der Waals surface area contributed by atoms with Gasteiger partial charge in [-0.1, -0.05) is 30.3 Å². The zero-order valence-electron chi connectivity index (χ0n) is 19.4. The third-order valence-electron chi connectivity index (χ3n) is 6.60. The Morgan fingerprint density at radius 2 is 1.91 bits per heavy atom. The van der Waals surface area contributed by atoms with E-state index in [0.717, 1.165) is 27.0 Å². The number of nitrogens with zero attached hydrogens (tertiary/aromatic N) is 4. The number of thiophene rings is 1. The van der Waals surface area contributed by atoms with E-state index >= 15 is 0 Å². The Hall–Kier alpha value is -3.19. The maximum Gasteiger partial charge on any atom is 0.276 e. The lowest BCUT2D eigenvalue weighted by molar-refractivity contribution is -0.135. The van der Waals surface area contributed by atoms with Crippen molar-refractivity contribution in [2.24, 2.45) is 0 Å². The van der Waals surface area contributed by atoms with Crippen LogP contribution < -0.4 is 10.5 Å². The zero-order chi connectivity index (χ0) is 23.3. The van der Waals surface area contributed by atoms with Crippen LogP contribution >= 0.6 is 11.3 Å².